The summed E-state index contributed by atoms with van der Waals surface area (Å²) in [5.74, 6) is -1.99. The molecule has 0 spiro atoms. The number of aryl methyl sites for hydroxylation is 1. The Balaban J connectivity index is 1.41. The maximum atomic E-state index is 14.4. The molecule has 1 aromatic carbocycles. The second-order valence-corrected chi connectivity index (χ2v) is 11.4. The van der Waals surface area contributed by atoms with E-state index in [0.29, 0.717) is 23.7 Å². The van der Waals surface area contributed by atoms with E-state index in [0.717, 1.165) is 41.0 Å². The summed E-state index contributed by atoms with van der Waals surface area (Å²) < 4.78 is 0. The average Bonchev–Trinajstić information content (AvgIpc) is 3.59. The molecule has 11 nitrogen and oxygen atoms in total. The molecule has 214 valence electrons. The normalized spacial score (nSPS) is 19.1. The molecule has 0 radical (unpaired) electrons. The summed E-state index contributed by atoms with van der Waals surface area (Å²) in [6.45, 7) is 5.31. The first-order valence-corrected chi connectivity index (χ1v) is 14.4. The zero-order valence-corrected chi connectivity index (χ0v) is 24.1. The lowest BCUT2D eigenvalue weighted by Gasteiger charge is -2.38. The Labute approximate surface area is 242 Å². The fourth-order valence-electron chi connectivity index (χ4n) is 5.37. The standard InChI is InChI=1S/C29H33N7O4S/c1-18(15-32-25(38)23-19(2)33-27(41-23)26(39)30-3)24(37)34-29(14-20-8-6-11-31-16-20)22-10-5-4-9-21(22)17-35-12-7-13-36(35)28(29)40/h4-6,8-11,16,18H,7,12-15,17H2,1-3H3,(H,30,39)(H,32,38)(H,34,37)/t18-,29+/m1/s1. The lowest BCUT2D eigenvalue weighted by Crippen LogP contribution is -2.60. The van der Waals surface area contributed by atoms with E-state index in [1.807, 2.05) is 41.4 Å². The number of pyridine rings is 1. The number of nitrogens with zero attached hydrogens (tertiary/aromatic N) is 4. The van der Waals surface area contributed by atoms with Crippen LogP contribution in [0.4, 0.5) is 0 Å². The number of carbonyl (C=O) groups is 4. The van der Waals surface area contributed by atoms with Gasteiger partial charge in [-0.05, 0) is 36.1 Å². The molecule has 5 rings (SSSR count). The van der Waals surface area contributed by atoms with Crippen LogP contribution in [0.2, 0.25) is 0 Å². The predicted octanol–water partition coefficient (Wildman–Crippen LogP) is 1.79. The van der Waals surface area contributed by atoms with Crippen LogP contribution in [0.15, 0.2) is 48.8 Å². The molecule has 12 heteroatoms. The summed E-state index contributed by atoms with van der Waals surface area (Å²) in [5.41, 5.74) is 1.63. The SMILES string of the molecule is CNC(=O)c1nc(C)c(C(=O)NC[C@@H](C)C(=O)N[C@]2(Cc3cccnc3)C(=O)N3CCCN3Cc3ccccc32)s1. The molecule has 1 fully saturated rings. The van der Waals surface area contributed by atoms with Crippen molar-refractivity contribution in [2.75, 3.05) is 26.7 Å². The minimum atomic E-state index is -1.36. The Kier molecular flexibility index (Phi) is 8.13. The van der Waals surface area contributed by atoms with Gasteiger partial charge in [-0.25, -0.2) is 9.99 Å². The highest BCUT2D eigenvalue weighted by Gasteiger charge is 2.50. The highest BCUT2D eigenvalue weighted by molar-refractivity contribution is 7.15. The minimum Gasteiger partial charge on any atom is -0.353 e. The van der Waals surface area contributed by atoms with Crippen molar-refractivity contribution in [3.05, 3.63) is 81.1 Å². The summed E-state index contributed by atoms with van der Waals surface area (Å²) in [5, 5.41) is 12.4. The van der Waals surface area contributed by atoms with Gasteiger partial charge in [0, 0.05) is 52.0 Å². The molecular weight excluding hydrogens is 542 g/mol. The number of rotatable bonds is 8. The van der Waals surface area contributed by atoms with Crippen LogP contribution in [-0.4, -0.2) is 70.3 Å². The van der Waals surface area contributed by atoms with Gasteiger partial charge in [0.05, 0.1) is 11.6 Å². The van der Waals surface area contributed by atoms with Crippen molar-refractivity contribution < 1.29 is 19.2 Å². The van der Waals surface area contributed by atoms with Crippen LogP contribution >= 0.6 is 11.3 Å². The van der Waals surface area contributed by atoms with Gasteiger partial charge in [0.15, 0.2) is 10.5 Å². The molecule has 1 saturated heterocycles. The molecule has 3 N–H and O–H groups in total. The van der Waals surface area contributed by atoms with E-state index in [2.05, 4.69) is 25.9 Å². The van der Waals surface area contributed by atoms with E-state index in [9.17, 15) is 19.2 Å². The minimum absolute atomic E-state index is 0.0337. The summed E-state index contributed by atoms with van der Waals surface area (Å²) in [6, 6.07) is 11.5. The van der Waals surface area contributed by atoms with Crippen LogP contribution in [0.3, 0.4) is 0 Å². The topological polar surface area (TPSA) is 137 Å². The van der Waals surface area contributed by atoms with Crippen molar-refractivity contribution in [1.82, 2.24) is 35.9 Å². The Morgan fingerprint density at radius 1 is 1.12 bits per heavy atom. The van der Waals surface area contributed by atoms with Gasteiger partial charge in [-0.15, -0.1) is 11.3 Å². The van der Waals surface area contributed by atoms with Crippen LogP contribution in [-0.2, 0) is 28.1 Å². The maximum absolute atomic E-state index is 14.4. The van der Waals surface area contributed by atoms with E-state index in [1.54, 1.807) is 31.3 Å². The predicted molar refractivity (Wildman–Crippen MR) is 153 cm³/mol. The zero-order valence-electron chi connectivity index (χ0n) is 23.3. The number of hydrogen-bond acceptors (Lipinski definition) is 8. The third-order valence-electron chi connectivity index (χ3n) is 7.53. The molecule has 2 aliphatic rings. The smallest absolute Gasteiger partial charge is 0.280 e. The van der Waals surface area contributed by atoms with E-state index >= 15 is 0 Å². The molecule has 2 atom stereocenters. The first-order valence-electron chi connectivity index (χ1n) is 13.6. The van der Waals surface area contributed by atoms with Crippen molar-refractivity contribution in [2.45, 2.75) is 38.8 Å². The Morgan fingerprint density at radius 3 is 2.68 bits per heavy atom. The molecule has 2 aromatic heterocycles. The van der Waals surface area contributed by atoms with E-state index < -0.39 is 17.4 Å². The van der Waals surface area contributed by atoms with E-state index in [1.165, 1.54) is 7.05 Å². The van der Waals surface area contributed by atoms with Crippen LogP contribution in [0.1, 0.15) is 55.2 Å². The molecule has 0 bridgehead atoms. The zero-order chi connectivity index (χ0) is 29.1. The van der Waals surface area contributed by atoms with Crippen LogP contribution in [0.25, 0.3) is 0 Å². The van der Waals surface area contributed by atoms with Crippen LogP contribution < -0.4 is 16.0 Å². The van der Waals surface area contributed by atoms with Gasteiger partial charge >= 0.3 is 0 Å². The van der Waals surface area contributed by atoms with Crippen molar-refractivity contribution in [2.24, 2.45) is 5.92 Å². The summed E-state index contributed by atoms with van der Waals surface area (Å²) in [6.07, 6.45) is 4.47. The number of hydrogen-bond donors (Lipinski definition) is 3. The van der Waals surface area contributed by atoms with Gasteiger partial charge in [-0.3, -0.25) is 29.2 Å². The molecule has 0 aliphatic carbocycles. The van der Waals surface area contributed by atoms with Gasteiger partial charge in [0.25, 0.3) is 17.7 Å². The number of aromatic nitrogens is 2. The third-order valence-corrected chi connectivity index (χ3v) is 8.68. The van der Waals surface area contributed by atoms with Crippen LogP contribution in [0.5, 0.6) is 0 Å². The Bertz CT molecular complexity index is 1480. The second-order valence-electron chi connectivity index (χ2n) is 10.4. The maximum Gasteiger partial charge on any atom is 0.280 e. The lowest BCUT2D eigenvalue weighted by molar-refractivity contribution is -0.153. The largest absolute Gasteiger partial charge is 0.353 e. The van der Waals surface area contributed by atoms with Gasteiger partial charge in [0.2, 0.25) is 5.91 Å². The number of amides is 4. The molecule has 3 aromatic rings. The number of thiazole rings is 1. The van der Waals surface area contributed by atoms with Gasteiger partial charge < -0.3 is 16.0 Å². The molecule has 41 heavy (non-hydrogen) atoms. The summed E-state index contributed by atoms with van der Waals surface area (Å²) in [4.78, 5) is 61.8. The number of carbonyl (C=O) groups excluding carboxylic acids is 4. The summed E-state index contributed by atoms with van der Waals surface area (Å²) >= 11 is 0.997. The van der Waals surface area contributed by atoms with Crippen molar-refractivity contribution in [3.8, 4) is 0 Å². The molecule has 0 saturated carbocycles. The number of nitrogens with one attached hydrogen (secondary N) is 3. The third kappa shape index (κ3) is 5.57. The fraction of sp³-hybridized carbons (Fsp3) is 0.379. The molecule has 4 amide bonds. The molecule has 0 unspecified atom stereocenters. The second kappa shape index (κ2) is 11.8. The molecule has 4 heterocycles. The Hall–Kier alpha value is -4.16. The number of benzene rings is 1. The monoisotopic (exact) mass is 575 g/mol. The fourth-order valence-corrected chi connectivity index (χ4v) is 6.30. The molecular formula is C29H33N7O4S. The van der Waals surface area contributed by atoms with Gasteiger partial charge in [-0.2, -0.15) is 0 Å². The van der Waals surface area contributed by atoms with Crippen LogP contribution in [0, 0.1) is 12.8 Å². The number of hydrazine groups is 1. The quantitative estimate of drug-likeness (QED) is 0.373. The van der Waals surface area contributed by atoms with Crippen molar-refractivity contribution in [3.63, 3.8) is 0 Å². The Morgan fingerprint density at radius 2 is 1.93 bits per heavy atom. The van der Waals surface area contributed by atoms with E-state index in [-0.39, 0.29) is 35.7 Å². The molecule has 2 aliphatic heterocycles. The first-order chi connectivity index (χ1) is 19.7. The summed E-state index contributed by atoms with van der Waals surface area (Å²) in [7, 11) is 1.50. The average molecular weight is 576 g/mol. The number of fused-ring (bicyclic) bond motifs is 2. The first kappa shape index (κ1) is 28.4. The van der Waals surface area contributed by atoms with Crippen molar-refractivity contribution >= 4 is 35.0 Å². The lowest BCUT2D eigenvalue weighted by atomic mass is 9.80. The highest BCUT2D eigenvalue weighted by Crippen LogP contribution is 2.37. The highest BCUT2D eigenvalue weighted by atomic mass is 32.1. The van der Waals surface area contributed by atoms with Gasteiger partial charge in [0.1, 0.15) is 4.88 Å². The van der Waals surface area contributed by atoms with E-state index in [4.69, 9.17) is 0 Å². The van der Waals surface area contributed by atoms with Gasteiger partial charge in [-0.1, -0.05) is 37.3 Å². The van der Waals surface area contributed by atoms with Crippen molar-refractivity contribution in [1.29, 1.82) is 0 Å².